The predicted octanol–water partition coefficient (Wildman–Crippen LogP) is 7.43. The Hall–Kier alpha value is -1.12. The molecular weight excluding hydrogens is 396 g/mol. The predicted molar refractivity (Wildman–Crippen MR) is 129 cm³/mol. The maximum atomic E-state index is 12.4. The molecule has 1 unspecified atom stereocenters. The Morgan fingerprint density at radius 3 is 2.53 bits per heavy atom. The summed E-state index contributed by atoms with van der Waals surface area (Å²) in [7, 11) is 0. The van der Waals surface area contributed by atoms with Gasteiger partial charge >= 0.3 is 5.97 Å². The number of unbranched alkanes of at least 4 members (excludes halogenated alkanes) is 4. The van der Waals surface area contributed by atoms with Gasteiger partial charge in [0.1, 0.15) is 11.9 Å². The first-order chi connectivity index (χ1) is 15.3. The van der Waals surface area contributed by atoms with Gasteiger partial charge in [-0.25, -0.2) is 0 Å². The van der Waals surface area contributed by atoms with Gasteiger partial charge in [-0.2, -0.15) is 0 Å². The van der Waals surface area contributed by atoms with E-state index in [1.54, 1.807) is 5.57 Å². The second-order valence-electron chi connectivity index (χ2n) is 12.1. The van der Waals surface area contributed by atoms with E-state index in [2.05, 4.69) is 26.8 Å². The van der Waals surface area contributed by atoms with Gasteiger partial charge in [0, 0.05) is 18.8 Å². The Morgan fingerprint density at radius 2 is 1.78 bits per heavy atom. The Morgan fingerprint density at radius 1 is 1.00 bits per heavy atom. The summed E-state index contributed by atoms with van der Waals surface area (Å²) >= 11 is 0. The number of Topliss-reactive ketones (excluding diaryl/α,β-unsaturated/α-hetero) is 1. The molecule has 0 bridgehead atoms. The fourth-order valence-corrected chi connectivity index (χ4v) is 8.51. The van der Waals surface area contributed by atoms with Crippen LogP contribution in [0.15, 0.2) is 11.6 Å². The first kappa shape index (κ1) is 24.0. The average Bonchev–Trinajstić information content (AvgIpc) is 3.11. The zero-order chi connectivity index (χ0) is 22.9. The van der Waals surface area contributed by atoms with Crippen LogP contribution in [0.1, 0.15) is 118 Å². The zero-order valence-corrected chi connectivity index (χ0v) is 21.1. The van der Waals surface area contributed by atoms with E-state index in [1.807, 2.05) is 6.92 Å². The van der Waals surface area contributed by atoms with Crippen LogP contribution in [0.5, 0.6) is 0 Å². The van der Waals surface area contributed by atoms with Gasteiger partial charge in [-0.15, -0.1) is 0 Å². The molecule has 4 aliphatic rings. The third-order valence-corrected chi connectivity index (χ3v) is 10.3. The molecule has 0 radical (unpaired) electrons. The lowest BCUT2D eigenvalue weighted by Crippen LogP contribution is -2.51. The third-order valence-electron chi connectivity index (χ3n) is 10.3. The van der Waals surface area contributed by atoms with Crippen LogP contribution < -0.4 is 0 Å². The minimum Gasteiger partial charge on any atom is -0.462 e. The molecule has 0 heterocycles. The van der Waals surface area contributed by atoms with Crippen molar-refractivity contribution < 1.29 is 14.3 Å². The topological polar surface area (TPSA) is 43.4 Å². The van der Waals surface area contributed by atoms with Gasteiger partial charge < -0.3 is 4.74 Å². The minimum atomic E-state index is 0.0130. The van der Waals surface area contributed by atoms with Crippen LogP contribution in [-0.4, -0.2) is 17.9 Å². The van der Waals surface area contributed by atoms with Crippen LogP contribution in [0, 0.1) is 34.5 Å². The van der Waals surface area contributed by atoms with E-state index in [0.717, 1.165) is 50.4 Å². The Bertz CT molecular complexity index is 739. The lowest BCUT2D eigenvalue weighted by atomic mass is 9.47. The third kappa shape index (κ3) is 4.34. The van der Waals surface area contributed by atoms with Crippen molar-refractivity contribution in [2.24, 2.45) is 34.5 Å². The second-order valence-corrected chi connectivity index (χ2v) is 12.1. The summed E-state index contributed by atoms with van der Waals surface area (Å²) in [6.07, 6.45) is 18.1. The highest BCUT2D eigenvalue weighted by Crippen LogP contribution is 2.66. The van der Waals surface area contributed by atoms with Gasteiger partial charge in [0.2, 0.25) is 0 Å². The summed E-state index contributed by atoms with van der Waals surface area (Å²) in [6.45, 7) is 8.96. The van der Waals surface area contributed by atoms with Crippen LogP contribution in [0.3, 0.4) is 0 Å². The SMILES string of the molecule is CCCCCCCC(=O)OC1CC[C@@]2(C)C(=CC[C@H]3[C@@H]4CC[C@H](C(C)=O)[C@@]4(C)CC[C@@H]32)C1. The average molecular weight is 443 g/mol. The van der Waals surface area contributed by atoms with Crippen molar-refractivity contribution in [2.75, 3.05) is 0 Å². The largest absolute Gasteiger partial charge is 0.462 e. The molecule has 32 heavy (non-hydrogen) atoms. The molecule has 4 rings (SSSR count). The second kappa shape index (κ2) is 9.63. The van der Waals surface area contributed by atoms with Gasteiger partial charge in [-0.05, 0) is 86.9 Å². The van der Waals surface area contributed by atoms with Crippen molar-refractivity contribution in [1.82, 2.24) is 0 Å². The van der Waals surface area contributed by atoms with Crippen molar-refractivity contribution >= 4 is 11.8 Å². The molecule has 4 aliphatic carbocycles. The van der Waals surface area contributed by atoms with Crippen LogP contribution in [0.2, 0.25) is 0 Å². The van der Waals surface area contributed by atoms with Crippen molar-refractivity contribution in [1.29, 1.82) is 0 Å². The molecule has 0 aromatic rings. The standard InChI is InChI=1S/C29H46O3/c1-5-6-7-8-9-10-27(31)32-22-15-17-28(3)21(19-22)11-12-23-25-14-13-24(20(2)30)29(25,4)18-16-26(23)28/h11,22-26H,5-10,12-19H2,1-4H3/t22?,23-,24+,25-,26-,28-,29+/m0/s1. The Labute approximate surface area is 196 Å². The van der Waals surface area contributed by atoms with Crippen LogP contribution in [0.25, 0.3) is 0 Å². The highest BCUT2D eigenvalue weighted by molar-refractivity contribution is 5.79. The molecule has 3 nitrogen and oxygen atoms in total. The minimum absolute atomic E-state index is 0.0130. The monoisotopic (exact) mass is 442 g/mol. The smallest absolute Gasteiger partial charge is 0.306 e. The maximum Gasteiger partial charge on any atom is 0.306 e. The van der Waals surface area contributed by atoms with Gasteiger partial charge in [0.05, 0.1) is 0 Å². The molecule has 180 valence electrons. The number of rotatable bonds is 8. The molecule has 0 aromatic carbocycles. The van der Waals surface area contributed by atoms with E-state index in [-0.39, 0.29) is 28.8 Å². The van der Waals surface area contributed by atoms with E-state index in [4.69, 9.17) is 4.74 Å². The highest BCUT2D eigenvalue weighted by atomic mass is 16.5. The van der Waals surface area contributed by atoms with E-state index in [0.29, 0.717) is 18.1 Å². The van der Waals surface area contributed by atoms with Crippen molar-refractivity contribution in [2.45, 2.75) is 124 Å². The highest BCUT2D eigenvalue weighted by Gasteiger charge is 2.59. The number of carbonyl (C=O) groups excluding carboxylic acids is 2. The lowest BCUT2D eigenvalue weighted by Gasteiger charge is -2.58. The van der Waals surface area contributed by atoms with Gasteiger partial charge in [0.25, 0.3) is 0 Å². The number of carbonyl (C=O) groups is 2. The molecule has 0 N–H and O–H groups in total. The molecule has 7 atom stereocenters. The van der Waals surface area contributed by atoms with Crippen LogP contribution in [-0.2, 0) is 14.3 Å². The summed E-state index contributed by atoms with van der Waals surface area (Å²) < 4.78 is 5.94. The maximum absolute atomic E-state index is 12.4. The number of fused-ring (bicyclic) bond motifs is 5. The van der Waals surface area contributed by atoms with Crippen molar-refractivity contribution in [3.63, 3.8) is 0 Å². The van der Waals surface area contributed by atoms with Crippen molar-refractivity contribution in [3.05, 3.63) is 11.6 Å². The van der Waals surface area contributed by atoms with Gasteiger partial charge in [-0.1, -0.05) is 58.1 Å². The fourth-order valence-electron chi connectivity index (χ4n) is 8.51. The summed E-state index contributed by atoms with van der Waals surface area (Å²) in [5, 5.41) is 0. The molecule has 0 aliphatic heterocycles. The Balaban J connectivity index is 1.37. The Kier molecular flexibility index (Phi) is 7.23. The molecule has 3 fully saturated rings. The van der Waals surface area contributed by atoms with Crippen molar-refractivity contribution in [3.8, 4) is 0 Å². The van der Waals surface area contributed by atoms with E-state index >= 15 is 0 Å². The molecule has 0 spiro atoms. The van der Waals surface area contributed by atoms with Gasteiger partial charge in [-0.3, -0.25) is 9.59 Å². The quantitative estimate of drug-likeness (QED) is 0.223. The van der Waals surface area contributed by atoms with E-state index in [1.165, 1.54) is 44.9 Å². The number of ether oxygens (including phenoxy) is 1. The molecule has 0 saturated heterocycles. The number of hydrogen-bond donors (Lipinski definition) is 0. The van der Waals surface area contributed by atoms with Crippen LogP contribution in [0.4, 0.5) is 0 Å². The molecule has 3 saturated carbocycles. The fraction of sp³-hybridized carbons (Fsp3) is 0.862. The first-order valence-electron chi connectivity index (χ1n) is 13.7. The summed E-state index contributed by atoms with van der Waals surface area (Å²) in [4.78, 5) is 24.7. The molecule has 0 aromatic heterocycles. The number of ketones is 1. The number of esters is 1. The van der Waals surface area contributed by atoms with Crippen LogP contribution >= 0.6 is 0 Å². The molecule has 0 amide bonds. The van der Waals surface area contributed by atoms with Gasteiger partial charge in [0.15, 0.2) is 0 Å². The molecular formula is C29H46O3. The summed E-state index contributed by atoms with van der Waals surface area (Å²) in [5.41, 5.74) is 2.05. The number of hydrogen-bond acceptors (Lipinski definition) is 3. The van der Waals surface area contributed by atoms with E-state index < -0.39 is 0 Å². The van der Waals surface area contributed by atoms with E-state index in [9.17, 15) is 9.59 Å². The number of allylic oxidation sites excluding steroid dienone is 1. The summed E-state index contributed by atoms with van der Waals surface area (Å²) in [5.74, 6) is 2.88. The zero-order valence-electron chi connectivity index (χ0n) is 21.1. The molecule has 3 heteroatoms. The lowest BCUT2D eigenvalue weighted by molar-refractivity contribution is -0.151. The first-order valence-corrected chi connectivity index (χ1v) is 13.7. The summed E-state index contributed by atoms with van der Waals surface area (Å²) in [6, 6.07) is 0. The normalized spacial score (nSPS) is 40.6.